The van der Waals surface area contributed by atoms with Crippen LogP contribution < -0.4 is 5.32 Å². The molecule has 0 bridgehead atoms. The van der Waals surface area contributed by atoms with E-state index in [1.165, 1.54) is 22.5 Å². The summed E-state index contributed by atoms with van der Waals surface area (Å²) < 4.78 is 39.9. The van der Waals surface area contributed by atoms with Gasteiger partial charge in [0, 0.05) is 25.2 Å². The number of hydrogen-bond acceptors (Lipinski definition) is 3. The number of rotatable bonds is 4. The first-order valence-corrected chi connectivity index (χ1v) is 7.93. The first-order chi connectivity index (χ1) is 9.05. The molecular weight excluding hydrogens is 267 g/mol. The van der Waals surface area contributed by atoms with Gasteiger partial charge in [-0.15, -0.1) is 0 Å². The van der Waals surface area contributed by atoms with E-state index in [1.54, 1.807) is 7.05 Å². The standard InChI is InChI=1S/C13H19FN2O2S/c1-15-10-11-9-12(5-6-13(11)14)19(17,18)16-7-3-2-4-8-16/h5-6,9,15H,2-4,7-8,10H2,1H3. The van der Waals surface area contributed by atoms with Crippen molar-refractivity contribution in [2.75, 3.05) is 20.1 Å². The second-order valence-corrected chi connectivity index (χ2v) is 6.69. The molecule has 0 aliphatic carbocycles. The number of benzene rings is 1. The van der Waals surface area contributed by atoms with Crippen LogP contribution in [0.1, 0.15) is 24.8 Å². The molecule has 0 atom stereocenters. The van der Waals surface area contributed by atoms with Crippen molar-refractivity contribution in [3.05, 3.63) is 29.6 Å². The van der Waals surface area contributed by atoms with E-state index in [0.717, 1.165) is 19.3 Å². The molecule has 1 aromatic rings. The summed E-state index contributed by atoms with van der Waals surface area (Å²) in [6, 6.07) is 4.00. The molecule has 4 nitrogen and oxygen atoms in total. The molecule has 19 heavy (non-hydrogen) atoms. The maximum Gasteiger partial charge on any atom is 0.243 e. The van der Waals surface area contributed by atoms with Crippen molar-refractivity contribution in [2.45, 2.75) is 30.7 Å². The monoisotopic (exact) mass is 286 g/mol. The molecule has 1 heterocycles. The Balaban J connectivity index is 2.31. The quantitative estimate of drug-likeness (QED) is 0.917. The second kappa shape index (κ2) is 5.98. The van der Waals surface area contributed by atoms with Gasteiger partial charge in [-0.05, 0) is 38.1 Å². The Morgan fingerprint density at radius 1 is 1.26 bits per heavy atom. The molecule has 0 unspecified atom stereocenters. The number of halogens is 1. The lowest BCUT2D eigenvalue weighted by Crippen LogP contribution is -2.35. The molecular formula is C13H19FN2O2S. The molecule has 0 aromatic heterocycles. The number of sulfonamides is 1. The molecule has 1 N–H and O–H groups in total. The molecule has 2 rings (SSSR count). The van der Waals surface area contributed by atoms with Crippen LogP contribution in [0.3, 0.4) is 0 Å². The van der Waals surface area contributed by atoms with Gasteiger partial charge in [-0.25, -0.2) is 12.8 Å². The molecule has 0 amide bonds. The third kappa shape index (κ3) is 3.13. The van der Waals surface area contributed by atoms with Crippen molar-refractivity contribution in [2.24, 2.45) is 0 Å². The average molecular weight is 286 g/mol. The van der Waals surface area contributed by atoms with Crippen molar-refractivity contribution < 1.29 is 12.8 Å². The van der Waals surface area contributed by atoms with Gasteiger partial charge in [0.05, 0.1) is 4.90 Å². The van der Waals surface area contributed by atoms with Crippen molar-refractivity contribution >= 4 is 10.0 Å². The van der Waals surface area contributed by atoms with E-state index in [9.17, 15) is 12.8 Å². The van der Waals surface area contributed by atoms with Crippen LogP contribution in [-0.4, -0.2) is 32.9 Å². The Morgan fingerprint density at radius 2 is 1.95 bits per heavy atom. The van der Waals surface area contributed by atoms with E-state index in [-0.39, 0.29) is 10.7 Å². The topological polar surface area (TPSA) is 49.4 Å². The van der Waals surface area contributed by atoms with Gasteiger partial charge >= 0.3 is 0 Å². The second-order valence-electron chi connectivity index (χ2n) is 4.75. The first kappa shape index (κ1) is 14.4. The highest BCUT2D eigenvalue weighted by atomic mass is 32.2. The Labute approximate surface area is 113 Å². The summed E-state index contributed by atoms with van der Waals surface area (Å²) in [7, 11) is -1.78. The fourth-order valence-electron chi connectivity index (χ4n) is 2.29. The fourth-order valence-corrected chi connectivity index (χ4v) is 3.86. The molecule has 1 aromatic carbocycles. The van der Waals surface area contributed by atoms with Gasteiger partial charge in [-0.1, -0.05) is 6.42 Å². The van der Waals surface area contributed by atoms with E-state index in [0.29, 0.717) is 25.2 Å². The molecule has 1 fully saturated rings. The van der Waals surface area contributed by atoms with Gasteiger partial charge in [-0.3, -0.25) is 0 Å². The van der Waals surface area contributed by atoms with E-state index in [1.807, 2.05) is 0 Å². The Kier molecular flexibility index (Phi) is 4.54. The van der Waals surface area contributed by atoms with Gasteiger partial charge in [0.1, 0.15) is 5.82 Å². The lowest BCUT2D eigenvalue weighted by molar-refractivity contribution is 0.346. The number of hydrogen-bond donors (Lipinski definition) is 1. The number of piperidine rings is 1. The Morgan fingerprint density at radius 3 is 2.58 bits per heavy atom. The lowest BCUT2D eigenvalue weighted by atomic mass is 10.2. The molecule has 1 aliphatic rings. The Hall–Kier alpha value is -0.980. The highest BCUT2D eigenvalue weighted by molar-refractivity contribution is 7.89. The zero-order valence-corrected chi connectivity index (χ0v) is 11.8. The van der Waals surface area contributed by atoms with Gasteiger partial charge in [-0.2, -0.15) is 4.31 Å². The zero-order chi connectivity index (χ0) is 13.9. The zero-order valence-electron chi connectivity index (χ0n) is 11.0. The predicted molar refractivity (Wildman–Crippen MR) is 71.8 cm³/mol. The smallest absolute Gasteiger partial charge is 0.243 e. The summed E-state index contributed by atoms with van der Waals surface area (Å²) in [5.74, 6) is -0.382. The molecule has 6 heteroatoms. The van der Waals surface area contributed by atoms with Crippen LogP contribution in [0.2, 0.25) is 0 Å². The summed E-state index contributed by atoms with van der Waals surface area (Å²) in [6.45, 7) is 1.43. The molecule has 106 valence electrons. The van der Waals surface area contributed by atoms with Gasteiger partial charge in [0.2, 0.25) is 10.0 Å². The Bertz CT molecular complexity index is 540. The van der Waals surface area contributed by atoms with Gasteiger partial charge in [0.25, 0.3) is 0 Å². The third-order valence-electron chi connectivity index (χ3n) is 3.34. The van der Waals surface area contributed by atoms with Crippen LogP contribution in [0.25, 0.3) is 0 Å². The van der Waals surface area contributed by atoms with E-state index in [2.05, 4.69) is 5.32 Å². The third-order valence-corrected chi connectivity index (χ3v) is 5.23. The predicted octanol–water partition coefficient (Wildman–Crippen LogP) is 1.72. The van der Waals surface area contributed by atoms with Gasteiger partial charge < -0.3 is 5.32 Å². The fraction of sp³-hybridized carbons (Fsp3) is 0.538. The summed E-state index contributed by atoms with van der Waals surface area (Å²) >= 11 is 0. The van der Waals surface area contributed by atoms with Crippen LogP contribution in [0.15, 0.2) is 23.1 Å². The highest BCUT2D eigenvalue weighted by Gasteiger charge is 2.26. The van der Waals surface area contributed by atoms with E-state index >= 15 is 0 Å². The number of nitrogens with zero attached hydrogens (tertiary/aromatic N) is 1. The van der Waals surface area contributed by atoms with E-state index < -0.39 is 10.0 Å². The minimum absolute atomic E-state index is 0.182. The highest BCUT2D eigenvalue weighted by Crippen LogP contribution is 2.22. The molecule has 0 saturated carbocycles. The van der Waals surface area contributed by atoms with Crippen molar-refractivity contribution in [1.29, 1.82) is 0 Å². The summed E-state index contributed by atoms with van der Waals surface area (Å²) in [5, 5.41) is 2.83. The maximum absolute atomic E-state index is 13.5. The molecule has 0 spiro atoms. The molecule has 1 saturated heterocycles. The van der Waals surface area contributed by atoms with Crippen molar-refractivity contribution in [3.63, 3.8) is 0 Å². The average Bonchev–Trinajstić information content (AvgIpc) is 2.42. The molecule has 1 aliphatic heterocycles. The van der Waals surface area contributed by atoms with Gasteiger partial charge in [0.15, 0.2) is 0 Å². The van der Waals surface area contributed by atoms with Crippen LogP contribution in [0.5, 0.6) is 0 Å². The van der Waals surface area contributed by atoms with Crippen LogP contribution >= 0.6 is 0 Å². The number of nitrogens with one attached hydrogen (secondary N) is 1. The molecule has 0 radical (unpaired) electrons. The van der Waals surface area contributed by atoms with Crippen LogP contribution in [0.4, 0.5) is 4.39 Å². The van der Waals surface area contributed by atoms with Crippen LogP contribution in [-0.2, 0) is 16.6 Å². The minimum Gasteiger partial charge on any atom is -0.316 e. The normalized spacial score (nSPS) is 17.6. The van der Waals surface area contributed by atoms with E-state index in [4.69, 9.17) is 0 Å². The maximum atomic E-state index is 13.5. The summed E-state index contributed by atoms with van der Waals surface area (Å²) in [6.07, 6.45) is 2.86. The largest absolute Gasteiger partial charge is 0.316 e. The summed E-state index contributed by atoms with van der Waals surface area (Å²) in [5.41, 5.74) is 0.376. The summed E-state index contributed by atoms with van der Waals surface area (Å²) in [4.78, 5) is 0.182. The SMILES string of the molecule is CNCc1cc(S(=O)(=O)N2CCCCC2)ccc1F. The van der Waals surface area contributed by atoms with Crippen molar-refractivity contribution in [1.82, 2.24) is 9.62 Å². The van der Waals surface area contributed by atoms with Crippen molar-refractivity contribution in [3.8, 4) is 0 Å². The van der Waals surface area contributed by atoms with Crippen LogP contribution in [0, 0.1) is 5.82 Å². The first-order valence-electron chi connectivity index (χ1n) is 6.49. The lowest BCUT2D eigenvalue weighted by Gasteiger charge is -2.26. The minimum atomic E-state index is -3.48.